The topological polar surface area (TPSA) is 61.5 Å². The van der Waals surface area contributed by atoms with Gasteiger partial charge in [0, 0.05) is 7.11 Å². The Hall–Kier alpha value is -1.52. The largest absolute Gasteiger partial charge is 0.467 e. The first-order valence-corrected chi connectivity index (χ1v) is 4.68. The van der Waals surface area contributed by atoms with Crippen LogP contribution in [-0.2, 0) is 11.3 Å². The number of rotatable bonds is 4. The highest BCUT2D eigenvalue weighted by molar-refractivity contribution is 5.19. The third-order valence-electron chi connectivity index (χ3n) is 2.13. The normalized spacial score (nSPS) is 12.9. The molecule has 4 heteroatoms. The van der Waals surface area contributed by atoms with Crippen molar-refractivity contribution >= 4 is 0 Å². The van der Waals surface area contributed by atoms with Gasteiger partial charge in [-0.15, -0.1) is 0 Å². The van der Waals surface area contributed by atoms with Crippen LogP contribution >= 0.6 is 0 Å². The monoisotopic (exact) mass is 207 g/mol. The minimum absolute atomic E-state index is 0.356. The van der Waals surface area contributed by atoms with Gasteiger partial charge < -0.3 is 19.3 Å². The molecule has 1 atom stereocenters. The zero-order valence-electron chi connectivity index (χ0n) is 8.47. The van der Waals surface area contributed by atoms with Crippen molar-refractivity contribution in [3.8, 4) is 0 Å². The van der Waals surface area contributed by atoms with Crippen molar-refractivity contribution in [2.24, 2.45) is 5.73 Å². The maximum atomic E-state index is 5.94. The lowest BCUT2D eigenvalue weighted by atomic mass is 10.2. The van der Waals surface area contributed by atoms with Crippen LogP contribution in [0.1, 0.15) is 23.3 Å². The van der Waals surface area contributed by atoms with Gasteiger partial charge in [0.15, 0.2) is 0 Å². The molecule has 2 N–H and O–H groups in total. The van der Waals surface area contributed by atoms with Crippen molar-refractivity contribution in [1.29, 1.82) is 0 Å². The predicted octanol–water partition coefficient (Wildman–Crippen LogP) is 2.07. The second-order valence-electron chi connectivity index (χ2n) is 3.23. The molecule has 0 amide bonds. The van der Waals surface area contributed by atoms with E-state index in [-0.39, 0.29) is 6.04 Å². The smallest absolute Gasteiger partial charge is 0.129 e. The molecule has 1 unspecified atom stereocenters. The SMILES string of the molecule is COCc1ccc(C(N)c2ccco2)o1. The molecule has 2 heterocycles. The summed E-state index contributed by atoms with van der Waals surface area (Å²) >= 11 is 0. The van der Waals surface area contributed by atoms with Crippen molar-refractivity contribution in [1.82, 2.24) is 0 Å². The Morgan fingerprint density at radius 1 is 1.33 bits per heavy atom. The molecule has 0 radical (unpaired) electrons. The molecule has 0 spiro atoms. The van der Waals surface area contributed by atoms with E-state index in [4.69, 9.17) is 19.3 Å². The van der Waals surface area contributed by atoms with Gasteiger partial charge in [-0.2, -0.15) is 0 Å². The molecule has 0 saturated heterocycles. The number of ether oxygens (including phenoxy) is 1. The number of methoxy groups -OCH3 is 1. The fourth-order valence-electron chi connectivity index (χ4n) is 1.39. The number of furan rings is 2. The average Bonchev–Trinajstić information content (AvgIpc) is 2.87. The maximum absolute atomic E-state index is 5.94. The van der Waals surface area contributed by atoms with E-state index in [1.165, 1.54) is 0 Å². The minimum Gasteiger partial charge on any atom is -0.467 e. The van der Waals surface area contributed by atoms with Gasteiger partial charge in [0.2, 0.25) is 0 Å². The Bertz CT molecular complexity index is 405. The molecular formula is C11H13NO3. The van der Waals surface area contributed by atoms with Gasteiger partial charge in [0.1, 0.15) is 29.9 Å². The summed E-state index contributed by atoms with van der Waals surface area (Å²) < 4.78 is 15.7. The van der Waals surface area contributed by atoms with Crippen LogP contribution in [0.4, 0.5) is 0 Å². The highest BCUT2D eigenvalue weighted by Gasteiger charge is 2.15. The Morgan fingerprint density at radius 3 is 2.87 bits per heavy atom. The van der Waals surface area contributed by atoms with Crippen LogP contribution in [0.5, 0.6) is 0 Å². The highest BCUT2D eigenvalue weighted by Crippen LogP contribution is 2.22. The van der Waals surface area contributed by atoms with Crippen LogP contribution in [0, 0.1) is 0 Å². The van der Waals surface area contributed by atoms with Gasteiger partial charge in [-0.1, -0.05) is 0 Å². The molecule has 80 valence electrons. The zero-order valence-corrected chi connectivity index (χ0v) is 8.47. The summed E-state index contributed by atoms with van der Waals surface area (Å²) in [4.78, 5) is 0. The summed E-state index contributed by atoms with van der Waals surface area (Å²) in [7, 11) is 1.62. The number of hydrogen-bond acceptors (Lipinski definition) is 4. The average molecular weight is 207 g/mol. The third-order valence-corrected chi connectivity index (χ3v) is 2.13. The van der Waals surface area contributed by atoms with E-state index < -0.39 is 0 Å². The van der Waals surface area contributed by atoms with Crippen LogP contribution in [0.15, 0.2) is 39.4 Å². The predicted molar refractivity (Wildman–Crippen MR) is 54.2 cm³/mol. The van der Waals surface area contributed by atoms with E-state index in [1.807, 2.05) is 18.2 Å². The van der Waals surface area contributed by atoms with Crippen LogP contribution < -0.4 is 5.73 Å². The van der Waals surface area contributed by atoms with Gasteiger partial charge in [0.05, 0.1) is 6.26 Å². The van der Waals surface area contributed by atoms with Gasteiger partial charge in [-0.3, -0.25) is 0 Å². The fourth-order valence-corrected chi connectivity index (χ4v) is 1.39. The maximum Gasteiger partial charge on any atom is 0.129 e. The van der Waals surface area contributed by atoms with E-state index in [0.717, 1.165) is 5.76 Å². The second-order valence-corrected chi connectivity index (χ2v) is 3.23. The molecule has 2 rings (SSSR count). The summed E-state index contributed by atoms with van der Waals surface area (Å²) in [5.41, 5.74) is 5.94. The van der Waals surface area contributed by atoms with Gasteiger partial charge >= 0.3 is 0 Å². The zero-order chi connectivity index (χ0) is 10.7. The Kier molecular flexibility index (Phi) is 2.89. The number of nitrogens with two attached hydrogens (primary N) is 1. The van der Waals surface area contributed by atoms with Gasteiger partial charge in [0.25, 0.3) is 0 Å². The molecular weight excluding hydrogens is 194 g/mol. The minimum atomic E-state index is -0.356. The molecule has 4 nitrogen and oxygen atoms in total. The molecule has 0 bridgehead atoms. The molecule has 0 fully saturated rings. The second kappa shape index (κ2) is 4.33. The highest BCUT2D eigenvalue weighted by atomic mass is 16.5. The fraction of sp³-hybridized carbons (Fsp3) is 0.273. The lowest BCUT2D eigenvalue weighted by Crippen LogP contribution is -2.09. The summed E-state index contributed by atoms with van der Waals surface area (Å²) in [6.07, 6.45) is 1.59. The van der Waals surface area contributed by atoms with Gasteiger partial charge in [-0.05, 0) is 24.3 Å². The van der Waals surface area contributed by atoms with E-state index in [2.05, 4.69) is 0 Å². The first kappa shape index (κ1) is 10.0. The first-order valence-electron chi connectivity index (χ1n) is 4.68. The molecule has 0 aromatic carbocycles. The van der Waals surface area contributed by atoms with Gasteiger partial charge in [-0.25, -0.2) is 0 Å². The summed E-state index contributed by atoms with van der Waals surface area (Å²) in [6.45, 7) is 0.449. The van der Waals surface area contributed by atoms with E-state index in [1.54, 1.807) is 19.4 Å². The van der Waals surface area contributed by atoms with E-state index in [0.29, 0.717) is 18.1 Å². The Morgan fingerprint density at radius 2 is 2.20 bits per heavy atom. The van der Waals surface area contributed by atoms with Crippen LogP contribution in [0.3, 0.4) is 0 Å². The van der Waals surface area contributed by atoms with Crippen molar-refractivity contribution in [2.45, 2.75) is 12.6 Å². The lowest BCUT2D eigenvalue weighted by Gasteiger charge is -2.04. The van der Waals surface area contributed by atoms with E-state index in [9.17, 15) is 0 Å². The summed E-state index contributed by atoms with van der Waals surface area (Å²) in [6, 6.07) is 6.95. The standard InChI is InChI=1S/C11H13NO3/c1-13-7-8-4-5-10(15-8)11(12)9-3-2-6-14-9/h2-6,11H,7,12H2,1H3. The summed E-state index contributed by atoms with van der Waals surface area (Å²) in [5, 5.41) is 0. The van der Waals surface area contributed by atoms with Crippen LogP contribution in [0.25, 0.3) is 0 Å². The van der Waals surface area contributed by atoms with Crippen LogP contribution in [0.2, 0.25) is 0 Å². The quantitative estimate of drug-likeness (QED) is 0.833. The first-order chi connectivity index (χ1) is 7.31. The molecule has 15 heavy (non-hydrogen) atoms. The lowest BCUT2D eigenvalue weighted by molar-refractivity contribution is 0.162. The molecule has 0 aliphatic carbocycles. The Balaban J connectivity index is 2.15. The molecule has 2 aromatic rings. The van der Waals surface area contributed by atoms with Crippen LogP contribution in [-0.4, -0.2) is 7.11 Å². The van der Waals surface area contributed by atoms with Crippen molar-refractivity contribution in [3.63, 3.8) is 0 Å². The third kappa shape index (κ3) is 2.11. The Labute approximate surface area is 87.6 Å². The molecule has 0 aliphatic rings. The molecule has 0 aliphatic heterocycles. The van der Waals surface area contributed by atoms with Crippen molar-refractivity contribution < 1.29 is 13.6 Å². The number of hydrogen-bond donors (Lipinski definition) is 1. The molecule has 0 saturated carbocycles. The van der Waals surface area contributed by atoms with Crippen molar-refractivity contribution in [2.75, 3.05) is 7.11 Å². The summed E-state index contributed by atoms with van der Waals surface area (Å²) in [5.74, 6) is 2.12. The van der Waals surface area contributed by atoms with E-state index >= 15 is 0 Å². The van der Waals surface area contributed by atoms with Crippen molar-refractivity contribution in [3.05, 3.63) is 47.8 Å². The molecule has 2 aromatic heterocycles.